The molecule has 1 aromatic rings. The molecule has 0 saturated carbocycles. The van der Waals surface area contributed by atoms with Crippen LogP contribution in [0.1, 0.15) is 47.8 Å². The van der Waals surface area contributed by atoms with E-state index in [2.05, 4.69) is 10.6 Å². The largest absolute Gasteiger partial charge is 0.462 e. The van der Waals surface area contributed by atoms with Crippen molar-refractivity contribution in [2.24, 2.45) is 5.92 Å². The molecule has 0 radical (unpaired) electrons. The van der Waals surface area contributed by atoms with Crippen molar-refractivity contribution in [2.75, 3.05) is 23.8 Å². The highest BCUT2D eigenvalue weighted by Gasteiger charge is 2.24. The first-order chi connectivity index (χ1) is 11.6. The van der Waals surface area contributed by atoms with E-state index in [1.807, 2.05) is 0 Å². The van der Waals surface area contributed by atoms with Gasteiger partial charge in [0, 0.05) is 37.7 Å². The molecular weight excluding hydrogens is 324 g/mol. The molecule has 3 N–H and O–H groups in total. The first kappa shape index (κ1) is 20.6. The van der Waals surface area contributed by atoms with Gasteiger partial charge in [-0.2, -0.15) is 0 Å². The molecule has 1 rings (SSSR count). The lowest BCUT2D eigenvalue weighted by Gasteiger charge is -2.22. The molecule has 7 heteroatoms. The second-order valence-electron chi connectivity index (χ2n) is 6.25. The van der Waals surface area contributed by atoms with Crippen molar-refractivity contribution in [3.05, 3.63) is 22.3 Å². The van der Waals surface area contributed by atoms with E-state index in [0.717, 1.165) is 0 Å². The number of carbonyl (C=O) groups is 3. The van der Waals surface area contributed by atoms with Crippen LogP contribution in [0, 0.1) is 26.7 Å². The van der Waals surface area contributed by atoms with Crippen LogP contribution < -0.4 is 10.6 Å². The SMILES string of the molecule is CC(=O)Nc1c(C)c(NC(C)=O)c(C)c(C(=O)OCC(C)CO)c1C. The minimum absolute atomic E-state index is 0.0764. The summed E-state index contributed by atoms with van der Waals surface area (Å²) in [6.07, 6.45) is 0. The number of rotatable bonds is 6. The maximum atomic E-state index is 12.6. The standard InChI is InChI=1S/C18H26N2O5/c1-9(7-21)8-25-18(24)15-10(2)16(19-13(5)22)12(4)17(11(15)3)20-14(6)23/h9,21H,7-8H2,1-6H3,(H,19,22)(H,20,23). The first-order valence-corrected chi connectivity index (χ1v) is 8.07. The van der Waals surface area contributed by atoms with Crippen molar-refractivity contribution in [1.29, 1.82) is 0 Å². The molecule has 7 nitrogen and oxygen atoms in total. The van der Waals surface area contributed by atoms with Gasteiger partial charge >= 0.3 is 5.97 Å². The minimum atomic E-state index is -0.562. The number of anilines is 2. The summed E-state index contributed by atoms with van der Waals surface area (Å²) < 4.78 is 5.28. The van der Waals surface area contributed by atoms with Crippen LogP contribution in [-0.2, 0) is 14.3 Å². The average Bonchev–Trinajstić information content (AvgIpc) is 2.52. The summed E-state index contributed by atoms with van der Waals surface area (Å²) in [6, 6.07) is 0. The number of hydrogen-bond donors (Lipinski definition) is 3. The van der Waals surface area contributed by atoms with Crippen LogP contribution in [-0.4, -0.2) is 36.1 Å². The molecule has 1 unspecified atom stereocenters. The van der Waals surface area contributed by atoms with Gasteiger partial charge in [-0.3, -0.25) is 9.59 Å². The number of hydrogen-bond acceptors (Lipinski definition) is 5. The quantitative estimate of drug-likeness (QED) is 0.683. The molecule has 0 aliphatic carbocycles. The molecule has 0 aliphatic heterocycles. The zero-order valence-corrected chi connectivity index (χ0v) is 15.6. The number of nitrogens with one attached hydrogen (secondary N) is 2. The number of esters is 1. The number of aliphatic hydroxyl groups is 1. The van der Waals surface area contributed by atoms with Gasteiger partial charge in [-0.1, -0.05) is 6.92 Å². The van der Waals surface area contributed by atoms with E-state index >= 15 is 0 Å². The van der Waals surface area contributed by atoms with Gasteiger partial charge in [0.25, 0.3) is 0 Å². The minimum Gasteiger partial charge on any atom is -0.462 e. The van der Waals surface area contributed by atoms with Crippen LogP contribution in [0.5, 0.6) is 0 Å². The fourth-order valence-electron chi connectivity index (χ4n) is 2.59. The molecule has 0 heterocycles. The van der Waals surface area contributed by atoms with Gasteiger partial charge in [0.2, 0.25) is 11.8 Å². The third kappa shape index (κ3) is 5.03. The van der Waals surface area contributed by atoms with Crippen LogP contribution in [0.2, 0.25) is 0 Å². The van der Waals surface area contributed by atoms with Crippen LogP contribution in [0.15, 0.2) is 0 Å². The van der Waals surface area contributed by atoms with Crippen molar-refractivity contribution >= 4 is 29.2 Å². The summed E-state index contributed by atoms with van der Waals surface area (Å²) in [5.41, 5.74) is 3.05. The molecule has 0 aliphatic rings. The van der Waals surface area contributed by atoms with Gasteiger partial charge < -0.3 is 20.5 Å². The maximum Gasteiger partial charge on any atom is 0.338 e. The van der Waals surface area contributed by atoms with Gasteiger partial charge in [0.1, 0.15) is 0 Å². The highest BCUT2D eigenvalue weighted by molar-refractivity contribution is 6.03. The van der Waals surface area contributed by atoms with Gasteiger partial charge in [-0.05, 0) is 37.5 Å². The lowest BCUT2D eigenvalue weighted by molar-refractivity contribution is -0.115. The summed E-state index contributed by atoms with van der Waals surface area (Å²) >= 11 is 0. The van der Waals surface area contributed by atoms with Crippen molar-refractivity contribution in [2.45, 2.75) is 41.5 Å². The number of carbonyl (C=O) groups excluding carboxylic acids is 3. The number of aliphatic hydroxyl groups excluding tert-OH is 1. The van der Waals surface area contributed by atoms with Crippen molar-refractivity contribution in [3.8, 4) is 0 Å². The zero-order valence-electron chi connectivity index (χ0n) is 15.6. The summed E-state index contributed by atoms with van der Waals surface area (Å²) in [5, 5.41) is 14.5. The number of benzene rings is 1. The van der Waals surface area contributed by atoms with E-state index in [1.54, 1.807) is 27.7 Å². The molecule has 1 aromatic carbocycles. The Hall–Kier alpha value is -2.41. The van der Waals surface area contributed by atoms with E-state index in [4.69, 9.17) is 9.84 Å². The molecule has 0 bridgehead atoms. The molecule has 0 fully saturated rings. The van der Waals surface area contributed by atoms with Crippen LogP contribution in [0.4, 0.5) is 11.4 Å². The first-order valence-electron chi connectivity index (χ1n) is 8.07. The Morgan fingerprint density at radius 3 is 1.76 bits per heavy atom. The maximum absolute atomic E-state index is 12.6. The topological polar surface area (TPSA) is 105 Å². The van der Waals surface area contributed by atoms with Gasteiger partial charge in [0.05, 0.1) is 12.2 Å². The normalized spacial score (nSPS) is 11.6. The van der Waals surface area contributed by atoms with E-state index < -0.39 is 5.97 Å². The Morgan fingerprint density at radius 1 is 0.960 bits per heavy atom. The van der Waals surface area contributed by atoms with E-state index in [1.165, 1.54) is 13.8 Å². The summed E-state index contributed by atoms with van der Waals surface area (Å²) in [5.74, 6) is -1.30. The van der Waals surface area contributed by atoms with Crippen LogP contribution in [0.3, 0.4) is 0 Å². The highest BCUT2D eigenvalue weighted by Crippen LogP contribution is 2.35. The Kier molecular flexibility index (Phi) is 7.11. The predicted octanol–water partition coefficient (Wildman–Crippen LogP) is 2.31. The van der Waals surface area contributed by atoms with Gasteiger partial charge in [-0.25, -0.2) is 4.79 Å². The lowest BCUT2D eigenvalue weighted by Crippen LogP contribution is -2.20. The second-order valence-corrected chi connectivity index (χ2v) is 6.25. The zero-order chi connectivity index (χ0) is 19.3. The molecule has 2 amide bonds. The van der Waals surface area contributed by atoms with Crippen LogP contribution in [0.25, 0.3) is 0 Å². The Bertz CT molecular complexity index is 654. The molecular formula is C18H26N2O5. The number of amides is 2. The molecule has 0 aromatic heterocycles. The van der Waals surface area contributed by atoms with Crippen molar-refractivity contribution in [3.63, 3.8) is 0 Å². The summed E-state index contributed by atoms with van der Waals surface area (Å²) in [4.78, 5) is 35.6. The van der Waals surface area contributed by atoms with E-state index in [-0.39, 0.29) is 30.9 Å². The van der Waals surface area contributed by atoms with Crippen molar-refractivity contribution < 1.29 is 24.2 Å². The molecule has 0 saturated heterocycles. The fraction of sp³-hybridized carbons (Fsp3) is 0.500. The molecule has 25 heavy (non-hydrogen) atoms. The Balaban J connectivity index is 3.46. The van der Waals surface area contributed by atoms with Crippen molar-refractivity contribution in [1.82, 2.24) is 0 Å². The third-order valence-corrected chi connectivity index (χ3v) is 3.87. The molecule has 0 spiro atoms. The smallest absolute Gasteiger partial charge is 0.338 e. The fourth-order valence-corrected chi connectivity index (χ4v) is 2.59. The predicted molar refractivity (Wildman–Crippen MR) is 95.8 cm³/mol. The molecule has 1 atom stereocenters. The second kappa shape index (κ2) is 8.62. The molecule has 138 valence electrons. The average molecular weight is 350 g/mol. The lowest BCUT2D eigenvalue weighted by atomic mass is 9.94. The van der Waals surface area contributed by atoms with Gasteiger partial charge in [-0.15, -0.1) is 0 Å². The van der Waals surface area contributed by atoms with E-state index in [0.29, 0.717) is 33.6 Å². The third-order valence-electron chi connectivity index (χ3n) is 3.87. The summed E-state index contributed by atoms with van der Waals surface area (Å²) in [6.45, 7) is 9.69. The highest BCUT2D eigenvalue weighted by atomic mass is 16.5. The monoisotopic (exact) mass is 350 g/mol. The number of ether oxygens (including phenoxy) is 1. The Labute approximate surface area is 147 Å². The Morgan fingerprint density at radius 2 is 1.40 bits per heavy atom. The summed E-state index contributed by atoms with van der Waals surface area (Å²) in [7, 11) is 0. The van der Waals surface area contributed by atoms with Gasteiger partial charge in [0.15, 0.2) is 0 Å². The van der Waals surface area contributed by atoms with E-state index in [9.17, 15) is 14.4 Å². The van der Waals surface area contributed by atoms with Crippen LogP contribution >= 0.6 is 0 Å².